The van der Waals surface area contributed by atoms with Crippen LogP contribution in [0.2, 0.25) is 10.0 Å². The minimum absolute atomic E-state index is 0.000322. The van der Waals surface area contributed by atoms with Crippen molar-refractivity contribution in [2.75, 3.05) is 10.8 Å². The standard InChI is InChI=1S/C36H37Cl2N3O4S/c37-32-22-13-23-33(38)31(32)25-40(34(24-27-14-5-1-6-15-27)36(43)39-28-16-7-2-8-17-28)35(42)26-41(29-18-9-3-10-19-29)46(44,45)30-20-11-4-12-21-30/h1,3-6,9-15,18-23,28,34H,2,7-8,16-17,24-26H2,(H,39,43). The van der Waals surface area contributed by atoms with E-state index in [9.17, 15) is 18.0 Å². The lowest BCUT2D eigenvalue weighted by Gasteiger charge is -2.35. The molecule has 0 aliphatic heterocycles. The molecule has 4 aromatic rings. The van der Waals surface area contributed by atoms with E-state index < -0.39 is 28.5 Å². The molecule has 46 heavy (non-hydrogen) atoms. The highest BCUT2D eigenvalue weighted by Gasteiger charge is 2.36. The molecule has 1 fully saturated rings. The number of benzene rings is 4. The first-order valence-electron chi connectivity index (χ1n) is 15.4. The fraction of sp³-hybridized carbons (Fsp3) is 0.278. The molecule has 5 rings (SSSR count). The van der Waals surface area contributed by atoms with Gasteiger partial charge in [0.1, 0.15) is 12.6 Å². The predicted octanol–water partition coefficient (Wildman–Crippen LogP) is 7.28. The van der Waals surface area contributed by atoms with Gasteiger partial charge in [-0.05, 0) is 54.8 Å². The summed E-state index contributed by atoms with van der Waals surface area (Å²) < 4.78 is 29.2. The topological polar surface area (TPSA) is 86.8 Å². The van der Waals surface area contributed by atoms with Crippen LogP contribution in [0.15, 0.2) is 114 Å². The number of hydrogen-bond acceptors (Lipinski definition) is 4. The van der Waals surface area contributed by atoms with Crippen molar-refractivity contribution in [3.8, 4) is 0 Å². The summed E-state index contributed by atoms with van der Waals surface area (Å²) in [5, 5.41) is 3.88. The van der Waals surface area contributed by atoms with E-state index in [0.29, 0.717) is 21.3 Å². The first-order chi connectivity index (χ1) is 22.2. The summed E-state index contributed by atoms with van der Waals surface area (Å²) in [6, 6.07) is 30.0. The molecule has 1 unspecified atom stereocenters. The van der Waals surface area contributed by atoms with E-state index in [1.807, 2.05) is 30.3 Å². The SMILES string of the molecule is O=C(NC1CCCCC1)C(Cc1ccccc1)N(Cc1c(Cl)cccc1Cl)C(=O)CN(c1ccccc1)S(=O)(=O)c1ccccc1. The molecule has 0 bridgehead atoms. The zero-order valence-electron chi connectivity index (χ0n) is 25.4. The molecule has 240 valence electrons. The molecule has 1 aliphatic rings. The van der Waals surface area contributed by atoms with Crippen LogP contribution >= 0.6 is 23.2 Å². The fourth-order valence-corrected chi connectivity index (χ4v) is 7.75. The number of nitrogens with one attached hydrogen (secondary N) is 1. The second kappa shape index (κ2) is 15.6. The van der Waals surface area contributed by atoms with Gasteiger partial charge >= 0.3 is 0 Å². The number of anilines is 1. The third kappa shape index (κ3) is 8.29. The van der Waals surface area contributed by atoms with Gasteiger partial charge in [0, 0.05) is 34.6 Å². The molecule has 0 spiro atoms. The average Bonchev–Trinajstić information content (AvgIpc) is 3.08. The van der Waals surface area contributed by atoms with Crippen LogP contribution in [0, 0.1) is 0 Å². The maximum Gasteiger partial charge on any atom is 0.264 e. The molecule has 0 saturated heterocycles. The minimum atomic E-state index is -4.17. The van der Waals surface area contributed by atoms with Crippen molar-refractivity contribution >= 4 is 50.7 Å². The number of halogens is 2. The van der Waals surface area contributed by atoms with Gasteiger partial charge in [-0.2, -0.15) is 0 Å². The smallest absolute Gasteiger partial charge is 0.264 e. The van der Waals surface area contributed by atoms with Crippen molar-refractivity contribution in [3.05, 3.63) is 130 Å². The van der Waals surface area contributed by atoms with E-state index >= 15 is 0 Å². The molecule has 1 N–H and O–H groups in total. The van der Waals surface area contributed by atoms with Crippen LogP contribution < -0.4 is 9.62 Å². The molecule has 10 heteroatoms. The number of carbonyl (C=O) groups is 2. The third-order valence-corrected chi connectivity index (χ3v) is 10.8. The van der Waals surface area contributed by atoms with Crippen molar-refractivity contribution in [1.82, 2.24) is 10.2 Å². The maximum atomic E-state index is 14.6. The Kier molecular flexibility index (Phi) is 11.4. The first kappa shape index (κ1) is 33.5. The van der Waals surface area contributed by atoms with Crippen LogP contribution in [0.5, 0.6) is 0 Å². The summed E-state index contributed by atoms with van der Waals surface area (Å²) in [7, 11) is -4.17. The Morgan fingerprint density at radius 2 is 1.33 bits per heavy atom. The minimum Gasteiger partial charge on any atom is -0.352 e. The molecule has 1 aliphatic carbocycles. The van der Waals surface area contributed by atoms with Crippen LogP contribution in [0.4, 0.5) is 5.69 Å². The number of nitrogens with zero attached hydrogens (tertiary/aromatic N) is 2. The van der Waals surface area contributed by atoms with Gasteiger partial charge < -0.3 is 10.2 Å². The Bertz CT molecular complexity index is 1700. The van der Waals surface area contributed by atoms with E-state index in [1.54, 1.807) is 66.7 Å². The molecule has 2 amide bonds. The van der Waals surface area contributed by atoms with Crippen molar-refractivity contribution < 1.29 is 18.0 Å². The van der Waals surface area contributed by atoms with E-state index in [2.05, 4.69) is 5.32 Å². The Morgan fingerprint density at radius 3 is 1.93 bits per heavy atom. The number of carbonyl (C=O) groups excluding carboxylic acids is 2. The zero-order chi connectivity index (χ0) is 32.5. The molecular formula is C36H37Cl2N3O4S. The van der Waals surface area contributed by atoms with Gasteiger partial charge in [0.05, 0.1) is 10.6 Å². The van der Waals surface area contributed by atoms with Gasteiger partial charge in [0.2, 0.25) is 11.8 Å². The van der Waals surface area contributed by atoms with Gasteiger partial charge in [-0.15, -0.1) is 0 Å². The maximum absolute atomic E-state index is 14.6. The summed E-state index contributed by atoms with van der Waals surface area (Å²) in [6.45, 7) is -0.647. The predicted molar refractivity (Wildman–Crippen MR) is 183 cm³/mol. The van der Waals surface area contributed by atoms with Crippen LogP contribution in [0.1, 0.15) is 43.2 Å². The molecule has 0 radical (unpaired) electrons. The molecule has 4 aromatic carbocycles. The second-order valence-corrected chi connectivity index (χ2v) is 14.1. The lowest BCUT2D eigenvalue weighted by molar-refractivity contribution is -0.140. The third-order valence-electron chi connectivity index (χ3n) is 8.27. The van der Waals surface area contributed by atoms with Crippen LogP contribution in [-0.4, -0.2) is 43.8 Å². The van der Waals surface area contributed by atoms with Crippen LogP contribution in [-0.2, 0) is 32.6 Å². The van der Waals surface area contributed by atoms with E-state index in [4.69, 9.17) is 23.2 Å². The number of para-hydroxylation sites is 1. The molecule has 0 heterocycles. The molecule has 0 aromatic heterocycles. The van der Waals surface area contributed by atoms with Crippen molar-refractivity contribution in [2.45, 2.75) is 62.0 Å². The summed E-state index contributed by atoms with van der Waals surface area (Å²) in [6.07, 6.45) is 5.12. The highest BCUT2D eigenvalue weighted by atomic mass is 35.5. The van der Waals surface area contributed by atoms with Crippen molar-refractivity contribution in [1.29, 1.82) is 0 Å². The number of amides is 2. The Hall–Kier alpha value is -3.85. The van der Waals surface area contributed by atoms with Gasteiger partial charge in [0.15, 0.2) is 0 Å². The normalized spacial score (nSPS) is 14.3. The van der Waals surface area contributed by atoms with Crippen LogP contribution in [0.25, 0.3) is 0 Å². The first-order valence-corrected chi connectivity index (χ1v) is 17.6. The Morgan fingerprint density at radius 1 is 0.761 bits per heavy atom. The monoisotopic (exact) mass is 677 g/mol. The van der Waals surface area contributed by atoms with Crippen LogP contribution in [0.3, 0.4) is 0 Å². The summed E-state index contributed by atoms with van der Waals surface area (Å²) in [4.78, 5) is 30.3. The lowest BCUT2D eigenvalue weighted by atomic mass is 9.94. The van der Waals surface area contributed by atoms with Crippen molar-refractivity contribution in [2.24, 2.45) is 0 Å². The lowest BCUT2D eigenvalue weighted by Crippen LogP contribution is -2.55. The second-order valence-electron chi connectivity index (χ2n) is 11.4. The molecule has 1 saturated carbocycles. The number of hydrogen-bond donors (Lipinski definition) is 1. The Balaban J connectivity index is 1.57. The van der Waals surface area contributed by atoms with Gasteiger partial charge in [-0.25, -0.2) is 8.42 Å². The number of rotatable bonds is 12. The quantitative estimate of drug-likeness (QED) is 0.171. The highest BCUT2D eigenvalue weighted by molar-refractivity contribution is 7.92. The summed E-state index contributed by atoms with van der Waals surface area (Å²) >= 11 is 13.2. The molecular weight excluding hydrogens is 641 g/mol. The van der Waals surface area contributed by atoms with Gasteiger partial charge in [0.25, 0.3) is 10.0 Å². The highest BCUT2D eigenvalue weighted by Crippen LogP contribution is 2.29. The van der Waals surface area contributed by atoms with E-state index in [1.165, 1.54) is 17.0 Å². The van der Waals surface area contributed by atoms with E-state index in [-0.39, 0.29) is 29.8 Å². The fourth-order valence-electron chi connectivity index (χ4n) is 5.79. The van der Waals surface area contributed by atoms with Gasteiger partial charge in [-0.1, -0.05) is 115 Å². The van der Waals surface area contributed by atoms with Crippen molar-refractivity contribution in [3.63, 3.8) is 0 Å². The summed E-state index contributed by atoms with van der Waals surface area (Å²) in [5.41, 5.74) is 1.65. The Labute approximate surface area is 281 Å². The number of sulfonamides is 1. The molecule has 1 atom stereocenters. The molecule has 7 nitrogen and oxygen atoms in total. The average molecular weight is 679 g/mol. The van der Waals surface area contributed by atoms with Gasteiger partial charge in [-0.3, -0.25) is 13.9 Å². The largest absolute Gasteiger partial charge is 0.352 e. The zero-order valence-corrected chi connectivity index (χ0v) is 27.7. The van der Waals surface area contributed by atoms with E-state index in [0.717, 1.165) is 42.0 Å². The summed E-state index contributed by atoms with van der Waals surface area (Å²) in [5.74, 6) is -0.872.